The van der Waals surface area contributed by atoms with E-state index in [4.69, 9.17) is 9.47 Å². The highest BCUT2D eigenvalue weighted by atomic mass is 16.5. The van der Waals surface area contributed by atoms with Gasteiger partial charge in [0.15, 0.2) is 0 Å². The number of hydrogen-bond donors (Lipinski definition) is 0. The number of benzene rings is 1. The number of aromatic nitrogens is 3. The summed E-state index contributed by atoms with van der Waals surface area (Å²) < 4.78 is 12.8. The van der Waals surface area contributed by atoms with E-state index in [1.807, 2.05) is 18.2 Å². The van der Waals surface area contributed by atoms with Gasteiger partial charge in [0.05, 0.1) is 26.5 Å². The van der Waals surface area contributed by atoms with Crippen LogP contribution in [-0.2, 0) is 0 Å². The van der Waals surface area contributed by atoms with Crippen molar-refractivity contribution in [3.8, 4) is 22.8 Å². The molecule has 1 saturated carbocycles. The van der Waals surface area contributed by atoms with Gasteiger partial charge in [-0.3, -0.25) is 0 Å². The Morgan fingerprint density at radius 2 is 1.76 bits per heavy atom. The summed E-state index contributed by atoms with van der Waals surface area (Å²) in [6.07, 6.45) is 5.83. The first-order valence-corrected chi connectivity index (χ1v) is 9.17. The summed E-state index contributed by atoms with van der Waals surface area (Å²) in [5, 5.41) is 8.91. The summed E-state index contributed by atoms with van der Waals surface area (Å²) in [4.78, 5) is 0. The molecule has 0 amide bonds. The SMILES string of the molecule is COc1cc(OC)cc(-c2cn(C3CC(C)CC[C@H]3C(C)C)nn2)c1. The molecule has 0 N–H and O–H groups in total. The molecule has 5 heteroatoms. The molecular formula is C20H29N3O2. The van der Waals surface area contributed by atoms with Crippen molar-refractivity contribution in [3.63, 3.8) is 0 Å². The number of rotatable bonds is 5. The normalized spacial score (nSPS) is 23.7. The number of nitrogens with zero attached hydrogens (tertiary/aromatic N) is 3. The minimum atomic E-state index is 0.428. The molecular weight excluding hydrogens is 314 g/mol. The number of hydrogen-bond acceptors (Lipinski definition) is 4. The van der Waals surface area contributed by atoms with Crippen LogP contribution in [0, 0.1) is 17.8 Å². The first-order valence-electron chi connectivity index (χ1n) is 9.17. The molecule has 5 nitrogen and oxygen atoms in total. The third kappa shape index (κ3) is 3.80. The van der Waals surface area contributed by atoms with Crippen LogP contribution >= 0.6 is 0 Å². The third-order valence-corrected chi connectivity index (χ3v) is 5.48. The van der Waals surface area contributed by atoms with Gasteiger partial charge in [-0.2, -0.15) is 0 Å². The Morgan fingerprint density at radius 3 is 2.36 bits per heavy atom. The molecule has 3 rings (SSSR count). The first-order chi connectivity index (χ1) is 12.0. The highest BCUT2D eigenvalue weighted by Crippen LogP contribution is 2.41. The molecule has 1 aromatic carbocycles. The van der Waals surface area contributed by atoms with Crippen molar-refractivity contribution >= 4 is 0 Å². The maximum atomic E-state index is 5.37. The summed E-state index contributed by atoms with van der Waals surface area (Å²) in [6.45, 7) is 6.98. The van der Waals surface area contributed by atoms with Crippen molar-refractivity contribution in [2.24, 2.45) is 17.8 Å². The van der Waals surface area contributed by atoms with Gasteiger partial charge in [-0.05, 0) is 42.7 Å². The van der Waals surface area contributed by atoms with Crippen LogP contribution in [0.2, 0.25) is 0 Å². The standard InChI is InChI=1S/C20H29N3O2/c1-13(2)18-7-6-14(3)8-20(18)23-12-19(21-22-23)15-9-16(24-4)11-17(10-15)25-5/h9-14,18,20H,6-8H2,1-5H3/t14?,18-,20?/m0/s1. The molecule has 1 fully saturated rings. The van der Waals surface area contributed by atoms with E-state index in [1.54, 1.807) is 14.2 Å². The van der Waals surface area contributed by atoms with Gasteiger partial charge >= 0.3 is 0 Å². The second kappa shape index (κ2) is 7.46. The van der Waals surface area contributed by atoms with Gasteiger partial charge in [0.2, 0.25) is 0 Å². The molecule has 3 atom stereocenters. The van der Waals surface area contributed by atoms with Crippen LogP contribution < -0.4 is 9.47 Å². The second-order valence-electron chi connectivity index (χ2n) is 7.58. The summed E-state index contributed by atoms with van der Waals surface area (Å²) in [7, 11) is 3.32. The van der Waals surface area contributed by atoms with Crippen LogP contribution in [0.1, 0.15) is 46.1 Å². The minimum absolute atomic E-state index is 0.428. The fourth-order valence-electron chi connectivity index (χ4n) is 3.98. The lowest BCUT2D eigenvalue weighted by Crippen LogP contribution is -2.30. The lowest BCUT2D eigenvalue weighted by atomic mass is 9.74. The van der Waals surface area contributed by atoms with E-state index in [9.17, 15) is 0 Å². The average Bonchev–Trinajstić information content (AvgIpc) is 3.11. The zero-order chi connectivity index (χ0) is 18.0. The molecule has 2 aromatic rings. The van der Waals surface area contributed by atoms with Crippen LogP contribution in [0.5, 0.6) is 11.5 Å². The van der Waals surface area contributed by atoms with E-state index >= 15 is 0 Å². The maximum Gasteiger partial charge on any atom is 0.123 e. The zero-order valence-electron chi connectivity index (χ0n) is 15.9. The summed E-state index contributed by atoms with van der Waals surface area (Å²) in [6, 6.07) is 6.24. The fourth-order valence-corrected chi connectivity index (χ4v) is 3.98. The Hall–Kier alpha value is -2.04. The maximum absolute atomic E-state index is 5.37. The van der Waals surface area contributed by atoms with Crippen molar-refractivity contribution in [1.29, 1.82) is 0 Å². The Kier molecular flexibility index (Phi) is 5.30. The Morgan fingerprint density at radius 1 is 1.08 bits per heavy atom. The predicted molar refractivity (Wildman–Crippen MR) is 98.9 cm³/mol. The van der Waals surface area contributed by atoms with Crippen LogP contribution in [0.15, 0.2) is 24.4 Å². The van der Waals surface area contributed by atoms with Crippen molar-refractivity contribution in [2.45, 2.75) is 46.1 Å². The molecule has 1 heterocycles. The molecule has 0 spiro atoms. The highest BCUT2D eigenvalue weighted by Gasteiger charge is 2.32. The fraction of sp³-hybridized carbons (Fsp3) is 0.600. The molecule has 0 bridgehead atoms. The molecule has 2 unspecified atom stereocenters. The van der Waals surface area contributed by atoms with Gasteiger partial charge in [-0.25, -0.2) is 4.68 Å². The Balaban J connectivity index is 1.91. The average molecular weight is 343 g/mol. The lowest BCUT2D eigenvalue weighted by molar-refractivity contribution is 0.137. The molecule has 25 heavy (non-hydrogen) atoms. The molecule has 0 saturated heterocycles. The monoisotopic (exact) mass is 343 g/mol. The Bertz CT molecular complexity index is 688. The molecule has 0 aliphatic heterocycles. The number of ether oxygens (including phenoxy) is 2. The van der Waals surface area contributed by atoms with E-state index in [0.29, 0.717) is 17.9 Å². The topological polar surface area (TPSA) is 49.2 Å². The van der Waals surface area contributed by atoms with Gasteiger partial charge in [0.1, 0.15) is 17.2 Å². The van der Waals surface area contributed by atoms with E-state index in [-0.39, 0.29) is 0 Å². The minimum Gasteiger partial charge on any atom is -0.497 e. The van der Waals surface area contributed by atoms with Gasteiger partial charge in [-0.15, -0.1) is 5.10 Å². The zero-order valence-corrected chi connectivity index (χ0v) is 15.9. The predicted octanol–water partition coefficient (Wildman–Crippen LogP) is 4.60. The quantitative estimate of drug-likeness (QED) is 0.796. The third-order valence-electron chi connectivity index (χ3n) is 5.48. The van der Waals surface area contributed by atoms with Gasteiger partial charge < -0.3 is 9.47 Å². The Labute approximate surface area is 150 Å². The van der Waals surface area contributed by atoms with Crippen LogP contribution in [0.4, 0.5) is 0 Å². The largest absolute Gasteiger partial charge is 0.497 e. The van der Waals surface area contributed by atoms with Crippen LogP contribution in [-0.4, -0.2) is 29.2 Å². The van der Waals surface area contributed by atoms with Gasteiger partial charge in [-0.1, -0.05) is 32.4 Å². The second-order valence-corrected chi connectivity index (χ2v) is 7.58. The van der Waals surface area contributed by atoms with Crippen LogP contribution in [0.3, 0.4) is 0 Å². The smallest absolute Gasteiger partial charge is 0.123 e. The molecule has 1 aliphatic rings. The summed E-state index contributed by atoms with van der Waals surface area (Å²) in [5.74, 6) is 3.57. The van der Waals surface area contributed by atoms with Crippen molar-refractivity contribution in [2.75, 3.05) is 14.2 Å². The highest BCUT2D eigenvalue weighted by molar-refractivity contribution is 5.63. The molecule has 136 valence electrons. The van der Waals surface area contributed by atoms with E-state index in [2.05, 4.69) is 42.0 Å². The molecule has 0 radical (unpaired) electrons. The van der Waals surface area contributed by atoms with Crippen molar-refractivity contribution in [3.05, 3.63) is 24.4 Å². The van der Waals surface area contributed by atoms with Crippen molar-refractivity contribution < 1.29 is 9.47 Å². The van der Waals surface area contributed by atoms with Crippen LogP contribution in [0.25, 0.3) is 11.3 Å². The van der Waals surface area contributed by atoms with E-state index < -0.39 is 0 Å². The van der Waals surface area contributed by atoms with Crippen molar-refractivity contribution in [1.82, 2.24) is 15.0 Å². The summed E-state index contributed by atoms with van der Waals surface area (Å²) in [5.41, 5.74) is 1.82. The first kappa shape index (κ1) is 17.8. The van der Waals surface area contributed by atoms with Gasteiger partial charge in [0, 0.05) is 11.6 Å². The lowest BCUT2D eigenvalue weighted by Gasteiger charge is -2.37. The summed E-state index contributed by atoms with van der Waals surface area (Å²) >= 11 is 0. The van der Waals surface area contributed by atoms with Gasteiger partial charge in [0.25, 0.3) is 0 Å². The number of methoxy groups -OCH3 is 2. The molecule has 1 aromatic heterocycles. The molecule has 1 aliphatic carbocycles. The van der Waals surface area contributed by atoms with E-state index in [0.717, 1.165) is 28.7 Å². The van der Waals surface area contributed by atoms with E-state index in [1.165, 1.54) is 19.3 Å².